The van der Waals surface area contributed by atoms with Crippen molar-refractivity contribution in [2.45, 2.75) is 13.0 Å². The van der Waals surface area contributed by atoms with Crippen molar-refractivity contribution < 1.29 is 14.7 Å². The molecule has 2 aromatic carbocycles. The van der Waals surface area contributed by atoms with Crippen molar-refractivity contribution in [3.63, 3.8) is 0 Å². The Balaban J connectivity index is 1.85. The third-order valence-electron chi connectivity index (χ3n) is 4.31. The molecule has 4 rings (SSSR count). The number of hydrogen-bond donors (Lipinski definition) is 1. The van der Waals surface area contributed by atoms with Gasteiger partial charge in [0.2, 0.25) is 0 Å². The Kier molecular flexibility index (Phi) is 4.97. The van der Waals surface area contributed by atoms with E-state index in [2.05, 4.69) is 10.4 Å². The smallest absolute Gasteiger partial charge is 0.263 e. The highest BCUT2D eigenvalue weighted by molar-refractivity contribution is 8.26. The first-order valence-electron chi connectivity index (χ1n) is 8.51. The summed E-state index contributed by atoms with van der Waals surface area (Å²) in [4.78, 5) is 23.4. The molecule has 8 heteroatoms. The van der Waals surface area contributed by atoms with E-state index in [-0.39, 0.29) is 18.9 Å². The zero-order valence-corrected chi connectivity index (χ0v) is 16.2. The molecule has 3 aromatic rings. The van der Waals surface area contributed by atoms with Crippen molar-refractivity contribution >= 4 is 57.0 Å². The highest BCUT2D eigenvalue weighted by Gasteiger charge is 2.23. The number of carbonyl (C=O) groups is 2. The largest absolute Gasteiger partial charge is 0.550 e. The van der Waals surface area contributed by atoms with Crippen LogP contribution in [0.3, 0.4) is 0 Å². The topological polar surface area (TPSA) is 87.0 Å². The highest BCUT2D eigenvalue weighted by Crippen LogP contribution is 2.33. The lowest BCUT2D eigenvalue weighted by Gasteiger charge is -2.05. The molecule has 28 heavy (non-hydrogen) atoms. The number of carboxylic acids is 1. The second-order valence-corrected chi connectivity index (χ2v) is 7.92. The molecule has 1 amide bonds. The van der Waals surface area contributed by atoms with Crippen molar-refractivity contribution in [3.05, 3.63) is 59.1 Å². The Morgan fingerprint density at radius 2 is 2.04 bits per heavy atom. The molecule has 1 aliphatic heterocycles. The number of nitrogens with zero attached hydrogens (tertiary/aromatic N) is 2. The number of aliphatic carboxylic acids is 1. The Morgan fingerprint density at radius 3 is 2.79 bits per heavy atom. The summed E-state index contributed by atoms with van der Waals surface area (Å²) in [7, 11) is 0. The third-order valence-corrected chi connectivity index (χ3v) is 5.47. The van der Waals surface area contributed by atoms with E-state index in [0.717, 1.165) is 21.9 Å². The fourth-order valence-electron chi connectivity index (χ4n) is 3.07. The summed E-state index contributed by atoms with van der Waals surface area (Å²) in [5, 5.41) is 20.1. The van der Waals surface area contributed by atoms with E-state index in [1.54, 1.807) is 17.0 Å². The maximum atomic E-state index is 12.1. The molecule has 0 saturated carbocycles. The van der Waals surface area contributed by atoms with Gasteiger partial charge in [-0.2, -0.15) is 5.10 Å². The molecule has 0 spiro atoms. The Labute approximate surface area is 170 Å². The van der Waals surface area contributed by atoms with Crippen LogP contribution in [0.2, 0.25) is 0 Å². The number of hydrogen-bond acceptors (Lipinski definition) is 6. The summed E-state index contributed by atoms with van der Waals surface area (Å²) in [5.74, 6) is -1.39. The van der Waals surface area contributed by atoms with E-state index in [1.807, 2.05) is 42.5 Å². The maximum Gasteiger partial charge on any atom is 0.263 e. The summed E-state index contributed by atoms with van der Waals surface area (Å²) < 4.78 is 1.97. The van der Waals surface area contributed by atoms with Crippen molar-refractivity contribution in [2.75, 3.05) is 0 Å². The van der Waals surface area contributed by atoms with Gasteiger partial charge in [0, 0.05) is 36.3 Å². The number of aryl methyl sites for hydroxylation is 1. The molecule has 1 fully saturated rings. The molecule has 0 aliphatic carbocycles. The van der Waals surface area contributed by atoms with Crippen LogP contribution in [-0.4, -0.2) is 26.0 Å². The van der Waals surface area contributed by atoms with Crippen molar-refractivity contribution in [2.24, 2.45) is 0 Å². The summed E-state index contributed by atoms with van der Waals surface area (Å²) in [5.41, 5.74) is 2.30. The molecule has 0 unspecified atom stereocenters. The highest BCUT2D eigenvalue weighted by atomic mass is 32.2. The molecular formula is C20H14N3O3S2-. The van der Waals surface area contributed by atoms with E-state index in [1.165, 1.54) is 11.8 Å². The number of benzene rings is 2. The number of rotatable bonds is 5. The molecular weight excluding hydrogens is 394 g/mol. The minimum absolute atomic E-state index is 0.147. The number of fused-ring (bicyclic) bond motifs is 1. The monoisotopic (exact) mass is 408 g/mol. The lowest BCUT2D eigenvalue weighted by atomic mass is 10.00. The Hall–Kier alpha value is -2.97. The fourth-order valence-corrected chi connectivity index (χ4v) is 4.10. The number of thiocarbonyl (C=S) groups is 1. The number of amides is 1. The molecule has 140 valence electrons. The van der Waals surface area contributed by atoms with Crippen LogP contribution in [0, 0.1) is 0 Å². The van der Waals surface area contributed by atoms with Gasteiger partial charge in [0.15, 0.2) is 0 Å². The standard InChI is InChI=1S/C20H15N3O3S2/c24-17(25)8-9-23-11-13(10-16-19(26)21-20(27)28-16)18(22-23)15-7-3-5-12-4-1-2-6-14(12)15/h1-7,10-11H,8-9H2,(H,24,25)(H,21,26,27)/p-1/b16-10-. The van der Waals surface area contributed by atoms with Crippen molar-refractivity contribution in [1.29, 1.82) is 0 Å². The lowest BCUT2D eigenvalue weighted by Crippen LogP contribution is -2.23. The number of nitrogens with one attached hydrogen (secondary N) is 1. The summed E-state index contributed by atoms with van der Waals surface area (Å²) in [6, 6.07) is 13.9. The van der Waals surface area contributed by atoms with Crippen LogP contribution in [0.5, 0.6) is 0 Å². The molecule has 1 aliphatic rings. The van der Waals surface area contributed by atoms with E-state index in [9.17, 15) is 14.7 Å². The summed E-state index contributed by atoms with van der Waals surface area (Å²) in [6.45, 7) is 0.182. The first kappa shape index (κ1) is 18.4. The lowest BCUT2D eigenvalue weighted by molar-refractivity contribution is -0.306. The second-order valence-electron chi connectivity index (χ2n) is 6.20. The number of aromatic nitrogens is 2. The first-order chi connectivity index (χ1) is 13.5. The van der Waals surface area contributed by atoms with Crippen LogP contribution in [0.15, 0.2) is 53.6 Å². The van der Waals surface area contributed by atoms with Gasteiger partial charge in [-0.3, -0.25) is 9.48 Å². The van der Waals surface area contributed by atoms with Crippen molar-refractivity contribution in [1.82, 2.24) is 15.1 Å². The van der Waals surface area contributed by atoms with Crippen molar-refractivity contribution in [3.8, 4) is 11.3 Å². The van der Waals surface area contributed by atoms with Gasteiger partial charge in [0.1, 0.15) is 10.0 Å². The van der Waals surface area contributed by atoms with Gasteiger partial charge in [-0.1, -0.05) is 66.4 Å². The SMILES string of the molecule is O=C([O-])CCn1cc(/C=C2\SC(=S)NC2=O)c(-c2cccc3ccccc23)n1. The van der Waals surface area contributed by atoms with Crippen LogP contribution in [-0.2, 0) is 16.1 Å². The minimum atomic E-state index is -1.14. The molecule has 6 nitrogen and oxygen atoms in total. The fraction of sp³-hybridized carbons (Fsp3) is 0.100. The van der Waals surface area contributed by atoms with Gasteiger partial charge in [0.05, 0.1) is 4.91 Å². The Bertz CT molecular complexity index is 1150. The van der Waals surface area contributed by atoms with Crippen LogP contribution in [0.4, 0.5) is 0 Å². The number of carboxylic acid groups (broad SMARTS) is 1. The minimum Gasteiger partial charge on any atom is -0.550 e. The second kappa shape index (κ2) is 7.57. The predicted octanol–water partition coefficient (Wildman–Crippen LogP) is 2.33. The van der Waals surface area contributed by atoms with Crippen LogP contribution in [0.25, 0.3) is 28.1 Å². The van der Waals surface area contributed by atoms with E-state index >= 15 is 0 Å². The van der Waals surface area contributed by atoms with Gasteiger partial charge in [0.25, 0.3) is 5.91 Å². The molecule has 1 aromatic heterocycles. The van der Waals surface area contributed by atoms with Gasteiger partial charge < -0.3 is 15.2 Å². The van der Waals surface area contributed by atoms with E-state index in [0.29, 0.717) is 14.9 Å². The van der Waals surface area contributed by atoms with Crippen LogP contribution < -0.4 is 10.4 Å². The van der Waals surface area contributed by atoms with Gasteiger partial charge in [-0.15, -0.1) is 0 Å². The Morgan fingerprint density at radius 1 is 1.25 bits per heavy atom. The summed E-state index contributed by atoms with van der Waals surface area (Å²) in [6.07, 6.45) is 3.33. The van der Waals surface area contributed by atoms with Crippen LogP contribution in [0.1, 0.15) is 12.0 Å². The summed E-state index contributed by atoms with van der Waals surface area (Å²) >= 11 is 6.25. The van der Waals surface area contributed by atoms with Crippen LogP contribution >= 0.6 is 24.0 Å². The zero-order valence-electron chi connectivity index (χ0n) is 14.5. The molecule has 1 saturated heterocycles. The van der Waals surface area contributed by atoms with Gasteiger partial charge in [-0.05, 0) is 16.8 Å². The molecule has 1 N–H and O–H groups in total. The van der Waals surface area contributed by atoms with Gasteiger partial charge in [-0.25, -0.2) is 0 Å². The number of thioether (sulfide) groups is 1. The van der Waals surface area contributed by atoms with E-state index < -0.39 is 5.97 Å². The molecule has 0 bridgehead atoms. The maximum absolute atomic E-state index is 12.1. The molecule has 2 heterocycles. The van der Waals surface area contributed by atoms with Gasteiger partial charge >= 0.3 is 0 Å². The normalized spacial score (nSPS) is 15.4. The molecule has 0 atom stereocenters. The average Bonchev–Trinajstić information content (AvgIpc) is 3.22. The van der Waals surface area contributed by atoms with E-state index in [4.69, 9.17) is 12.2 Å². The quantitative estimate of drug-likeness (QED) is 0.515. The predicted molar refractivity (Wildman–Crippen MR) is 111 cm³/mol. The molecule has 0 radical (unpaired) electrons. The zero-order chi connectivity index (χ0) is 19.7. The number of carbonyl (C=O) groups excluding carboxylic acids is 2. The third kappa shape index (κ3) is 3.69. The first-order valence-corrected chi connectivity index (χ1v) is 9.74. The average molecular weight is 408 g/mol.